The number of nitrogens with one attached hydrogen (secondary N) is 2. The molecule has 2 heterocycles. The summed E-state index contributed by atoms with van der Waals surface area (Å²) in [6.45, 7) is 10.2. The Labute approximate surface area is 174 Å². The monoisotopic (exact) mass is 398 g/mol. The zero-order valence-electron chi connectivity index (χ0n) is 17.8. The maximum atomic E-state index is 5.30. The molecular weight excluding hydrogens is 364 g/mol. The summed E-state index contributed by atoms with van der Waals surface area (Å²) in [4.78, 5) is 11.6. The van der Waals surface area contributed by atoms with Crippen LogP contribution in [0.4, 0.5) is 0 Å². The molecule has 1 fully saturated rings. The second-order valence-electron chi connectivity index (χ2n) is 7.41. The predicted octanol–water partition coefficient (Wildman–Crippen LogP) is 2.88. The third-order valence-electron chi connectivity index (χ3n) is 5.17. The number of piperidine rings is 1. The number of guanidine groups is 1. The predicted molar refractivity (Wildman–Crippen MR) is 117 cm³/mol. The van der Waals surface area contributed by atoms with Crippen molar-refractivity contribution in [1.82, 2.24) is 25.7 Å². The van der Waals surface area contributed by atoms with E-state index in [0.29, 0.717) is 5.89 Å². The van der Waals surface area contributed by atoms with Crippen molar-refractivity contribution >= 4 is 5.96 Å². The first kappa shape index (κ1) is 21.3. The van der Waals surface area contributed by atoms with E-state index in [-0.39, 0.29) is 0 Å². The molecule has 0 spiro atoms. The van der Waals surface area contributed by atoms with E-state index >= 15 is 0 Å². The molecule has 0 atom stereocenters. The normalized spacial score (nSPS) is 15.4. The molecule has 1 saturated heterocycles. The fourth-order valence-electron chi connectivity index (χ4n) is 3.48. The Morgan fingerprint density at radius 1 is 1.10 bits per heavy atom. The number of rotatable bonds is 9. The summed E-state index contributed by atoms with van der Waals surface area (Å²) in [6, 6.07) is 8.32. The standard InChI is InChI=1S/C22H34N6O/c1-3-20-26-21(29-27-20)19-10-8-18(9-11-19)12-13-24-22(23-4-2)25-14-17-28-15-6-5-7-16-28/h8-11H,3-7,12-17H2,1-2H3,(H2,23,24,25). The molecule has 1 aromatic heterocycles. The van der Waals surface area contributed by atoms with E-state index in [9.17, 15) is 0 Å². The number of hydrogen-bond acceptors (Lipinski definition) is 5. The van der Waals surface area contributed by atoms with Gasteiger partial charge in [0.1, 0.15) is 0 Å². The van der Waals surface area contributed by atoms with Crippen molar-refractivity contribution in [3.63, 3.8) is 0 Å². The molecule has 158 valence electrons. The molecule has 1 aromatic carbocycles. The fourth-order valence-corrected chi connectivity index (χ4v) is 3.48. The van der Waals surface area contributed by atoms with E-state index < -0.39 is 0 Å². The highest BCUT2D eigenvalue weighted by atomic mass is 16.5. The van der Waals surface area contributed by atoms with Crippen LogP contribution in [-0.2, 0) is 12.8 Å². The highest BCUT2D eigenvalue weighted by Crippen LogP contribution is 2.18. The highest BCUT2D eigenvalue weighted by Gasteiger charge is 2.09. The lowest BCUT2D eigenvalue weighted by Gasteiger charge is -2.25. The van der Waals surface area contributed by atoms with Gasteiger partial charge in [0.2, 0.25) is 0 Å². The van der Waals surface area contributed by atoms with Crippen molar-refractivity contribution < 1.29 is 4.52 Å². The van der Waals surface area contributed by atoms with Crippen LogP contribution in [0.25, 0.3) is 11.5 Å². The minimum Gasteiger partial charge on any atom is -0.357 e. The van der Waals surface area contributed by atoms with Crippen LogP contribution in [0.3, 0.4) is 0 Å². The van der Waals surface area contributed by atoms with Crippen LogP contribution in [0.1, 0.15) is 44.5 Å². The molecule has 0 amide bonds. The van der Waals surface area contributed by atoms with Crippen LogP contribution in [-0.4, -0.2) is 60.3 Å². The van der Waals surface area contributed by atoms with Gasteiger partial charge in [-0.1, -0.05) is 30.6 Å². The molecule has 0 bridgehead atoms. The number of likely N-dealkylation sites (tertiary alicyclic amines) is 1. The van der Waals surface area contributed by atoms with E-state index in [1.54, 1.807) is 0 Å². The van der Waals surface area contributed by atoms with Gasteiger partial charge in [0, 0.05) is 31.6 Å². The lowest BCUT2D eigenvalue weighted by Crippen LogP contribution is -2.39. The Morgan fingerprint density at radius 3 is 2.59 bits per heavy atom. The smallest absolute Gasteiger partial charge is 0.257 e. The quantitative estimate of drug-likeness (QED) is 0.500. The van der Waals surface area contributed by atoms with Crippen molar-refractivity contribution in [1.29, 1.82) is 0 Å². The van der Waals surface area contributed by atoms with E-state index in [1.165, 1.54) is 37.9 Å². The van der Waals surface area contributed by atoms with Gasteiger partial charge in [-0.2, -0.15) is 4.98 Å². The first-order valence-corrected chi connectivity index (χ1v) is 10.9. The van der Waals surface area contributed by atoms with Crippen LogP contribution in [0.15, 0.2) is 33.8 Å². The Kier molecular flexibility index (Phi) is 8.49. The van der Waals surface area contributed by atoms with Crippen LogP contribution in [0.5, 0.6) is 0 Å². The summed E-state index contributed by atoms with van der Waals surface area (Å²) >= 11 is 0. The first-order valence-electron chi connectivity index (χ1n) is 10.9. The van der Waals surface area contributed by atoms with E-state index in [0.717, 1.165) is 56.4 Å². The zero-order valence-corrected chi connectivity index (χ0v) is 17.8. The fraction of sp³-hybridized carbons (Fsp3) is 0.591. The van der Waals surface area contributed by atoms with Gasteiger partial charge in [0.15, 0.2) is 11.8 Å². The van der Waals surface area contributed by atoms with Crippen molar-refractivity contribution in [2.45, 2.75) is 46.0 Å². The van der Waals surface area contributed by atoms with E-state index in [4.69, 9.17) is 9.52 Å². The van der Waals surface area contributed by atoms with Gasteiger partial charge in [-0.15, -0.1) is 0 Å². The molecule has 29 heavy (non-hydrogen) atoms. The molecule has 3 rings (SSSR count). The number of aryl methyl sites for hydroxylation is 1. The summed E-state index contributed by atoms with van der Waals surface area (Å²) < 4.78 is 5.30. The van der Waals surface area contributed by atoms with Crippen molar-refractivity contribution in [2.24, 2.45) is 4.99 Å². The summed E-state index contributed by atoms with van der Waals surface area (Å²) in [5, 5.41) is 10.7. The minimum atomic E-state index is 0.585. The number of benzene rings is 1. The summed E-state index contributed by atoms with van der Waals surface area (Å²) in [5.41, 5.74) is 2.22. The Morgan fingerprint density at radius 2 is 1.90 bits per heavy atom. The molecular formula is C22H34N6O. The van der Waals surface area contributed by atoms with Crippen molar-refractivity contribution in [3.8, 4) is 11.5 Å². The van der Waals surface area contributed by atoms with E-state index in [2.05, 4.69) is 44.7 Å². The van der Waals surface area contributed by atoms with Crippen LogP contribution < -0.4 is 10.6 Å². The largest absolute Gasteiger partial charge is 0.357 e. The zero-order chi connectivity index (χ0) is 20.3. The number of nitrogens with zero attached hydrogens (tertiary/aromatic N) is 4. The lowest BCUT2D eigenvalue weighted by molar-refractivity contribution is 0.235. The van der Waals surface area contributed by atoms with Gasteiger partial charge in [-0.3, -0.25) is 4.99 Å². The van der Waals surface area contributed by atoms with Gasteiger partial charge < -0.3 is 20.1 Å². The summed E-state index contributed by atoms with van der Waals surface area (Å²) in [6.07, 6.45) is 5.74. The van der Waals surface area contributed by atoms with Crippen molar-refractivity contribution in [3.05, 3.63) is 35.7 Å². The molecule has 1 aliphatic rings. The van der Waals surface area contributed by atoms with Gasteiger partial charge in [0.05, 0.1) is 6.54 Å². The van der Waals surface area contributed by atoms with Gasteiger partial charge in [0.25, 0.3) is 5.89 Å². The highest BCUT2D eigenvalue weighted by molar-refractivity contribution is 5.79. The Hall–Kier alpha value is -2.41. The lowest BCUT2D eigenvalue weighted by atomic mass is 10.1. The maximum Gasteiger partial charge on any atom is 0.257 e. The SMILES string of the molecule is CCNC(=NCCN1CCCCC1)NCCc1ccc(-c2nc(CC)no2)cc1. The molecule has 0 unspecified atom stereocenters. The topological polar surface area (TPSA) is 78.6 Å². The molecule has 2 N–H and O–H groups in total. The molecule has 7 heteroatoms. The molecule has 7 nitrogen and oxygen atoms in total. The maximum absolute atomic E-state index is 5.30. The summed E-state index contributed by atoms with van der Waals surface area (Å²) in [7, 11) is 0. The van der Waals surface area contributed by atoms with Crippen LogP contribution in [0.2, 0.25) is 0 Å². The second kappa shape index (κ2) is 11.6. The van der Waals surface area contributed by atoms with Gasteiger partial charge >= 0.3 is 0 Å². The third kappa shape index (κ3) is 6.85. The molecule has 0 aliphatic carbocycles. The van der Waals surface area contributed by atoms with Crippen molar-refractivity contribution in [2.75, 3.05) is 39.3 Å². The van der Waals surface area contributed by atoms with E-state index in [1.807, 2.05) is 19.1 Å². The molecule has 1 aliphatic heterocycles. The van der Waals surface area contributed by atoms with Crippen LogP contribution in [0, 0.1) is 0 Å². The van der Waals surface area contributed by atoms with Gasteiger partial charge in [-0.05, 0) is 57.0 Å². The first-order chi connectivity index (χ1) is 14.3. The molecule has 0 saturated carbocycles. The molecule has 0 radical (unpaired) electrons. The van der Waals surface area contributed by atoms with Gasteiger partial charge in [-0.25, -0.2) is 0 Å². The summed E-state index contributed by atoms with van der Waals surface area (Å²) in [5.74, 6) is 2.23. The van der Waals surface area contributed by atoms with Crippen LogP contribution >= 0.6 is 0 Å². The number of hydrogen-bond donors (Lipinski definition) is 2. The second-order valence-corrected chi connectivity index (χ2v) is 7.41. The minimum absolute atomic E-state index is 0.585. The third-order valence-corrected chi connectivity index (χ3v) is 5.17. The molecule has 2 aromatic rings. The average Bonchev–Trinajstić information content (AvgIpc) is 3.24. The number of aliphatic imine (C=N–C) groups is 1. The number of aromatic nitrogens is 2. The Balaban J connectivity index is 1.44. The average molecular weight is 399 g/mol. The Bertz CT molecular complexity index is 749.